The van der Waals surface area contributed by atoms with Crippen molar-refractivity contribution in [2.45, 2.75) is 31.7 Å². The summed E-state index contributed by atoms with van der Waals surface area (Å²) in [6.45, 7) is 0.910. The van der Waals surface area contributed by atoms with Crippen LogP contribution in [0.15, 0.2) is 36.4 Å². The van der Waals surface area contributed by atoms with Gasteiger partial charge in [0.25, 0.3) is 0 Å². The van der Waals surface area contributed by atoms with Crippen LogP contribution in [0.3, 0.4) is 0 Å². The van der Waals surface area contributed by atoms with Crippen molar-refractivity contribution in [1.29, 1.82) is 0 Å². The van der Waals surface area contributed by atoms with Gasteiger partial charge in [0.2, 0.25) is 5.91 Å². The van der Waals surface area contributed by atoms with E-state index >= 15 is 0 Å². The highest BCUT2D eigenvalue weighted by Gasteiger charge is 2.49. The Hall–Kier alpha value is -2.03. The molecule has 112 valence electrons. The number of fused-ring (bicyclic) bond motifs is 7. The third-order valence-electron chi connectivity index (χ3n) is 5.79. The van der Waals surface area contributed by atoms with E-state index in [2.05, 4.69) is 46.3 Å². The predicted molar refractivity (Wildman–Crippen MR) is 86.4 cm³/mol. The molecular formula is C19H20N2O. The molecule has 1 aliphatic carbocycles. The van der Waals surface area contributed by atoms with Crippen LogP contribution in [0, 0.1) is 11.8 Å². The monoisotopic (exact) mass is 292 g/mol. The second-order valence-corrected chi connectivity index (χ2v) is 6.86. The molecule has 0 bridgehead atoms. The summed E-state index contributed by atoms with van der Waals surface area (Å²) in [5.74, 6) is 1.03. The number of rotatable bonds is 0. The second-order valence-electron chi connectivity index (χ2n) is 6.86. The third kappa shape index (κ3) is 1.54. The molecule has 3 heteroatoms. The first-order valence-corrected chi connectivity index (χ1v) is 8.39. The van der Waals surface area contributed by atoms with Gasteiger partial charge in [-0.05, 0) is 37.3 Å². The van der Waals surface area contributed by atoms with Gasteiger partial charge in [0.1, 0.15) is 0 Å². The molecule has 1 amide bonds. The van der Waals surface area contributed by atoms with Crippen molar-refractivity contribution in [1.82, 2.24) is 9.88 Å². The van der Waals surface area contributed by atoms with Crippen molar-refractivity contribution in [3.8, 4) is 0 Å². The van der Waals surface area contributed by atoms with Gasteiger partial charge in [-0.1, -0.05) is 30.4 Å². The Kier molecular flexibility index (Phi) is 2.55. The average molecular weight is 292 g/mol. The van der Waals surface area contributed by atoms with Crippen LogP contribution in [0.25, 0.3) is 10.9 Å². The van der Waals surface area contributed by atoms with Crippen LogP contribution < -0.4 is 0 Å². The molecule has 1 fully saturated rings. The molecule has 2 aromatic rings. The molecule has 3 nitrogen and oxygen atoms in total. The number of nitrogens with zero attached hydrogens (tertiary/aromatic N) is 1. The van der Waals surface area contributed by atoms with Crippen LogP contribution in [0.2, 0.25) is 0 Å². The lowest BCUT2D eigenvalue weighted by atomic mass is 9.80. The molecule has 2 aliphatic heterocycles. The van der Waals surface area contributed by atoms with Crippen molar-refractivity contribution in [3.05, 3.63) is 47.7 Å². The summed E-state index contributed by atoms with van der Waals surface area (Å²) < 4.78 is 0. The highest BCUT2D eigenvalue weighted by atomic mass is 16.2. The molecular weight excluding hydrogens is 272 g/mol. The van der Waals surface area contributed by atoms with Crippen LogP contribution in [0.5, 0.6) is 0 Å². The van der Waals surface area contributed by atoms with Crippen molar-refractivity contribution >= 4 is 16.8 Å². The number of amides is 1. The van der Waals surface area contributed by atoms with Crippen molar-refractivity contribution in [2.75, 3.05) is 6.54 Å². The summed E-state index contributed by atoms with van der Waals surface area (Å²) in [5.41, 5.74) is 3.98. The Morgan fingerprint density at radius 3 is 2.95 bits per heavy atom. The SMILES string of the molecule is O=C1[C@H]2CC=CC[C@H]2[C@@H]2c3[nH]c4ccccc4c3CCCN12. The number of H-pyrrole nitrogens is 1. The van der Waals surface area contributed by atoms with Gasteiger partial charge in [0, 0.05) is 35.0 Å². The number of carbonyl (C=O) groups is 1. The third-order valence-corrected chi connectivity index (χ3v) is 5.79. The number of nitrogens with one attached hydrogen (secondary N) is 1. The van der Waals surface area contributed by atoms with Gasteiger partial charge in [-0.3, -0.25) is 4.79 Å². The molecule has 1 N–H and O–H groups in total. The molecule has 22 heavy (non-hydrogen) atoms. The quantitative estimate of drug-likeness (QED) is 0.740. The van der Waals surface area contributed by atoms with Gasteiger partial charge in [0.05, 0.1) is 6.04 Å². The Balaban J connectivity index is 1.72. The average Bonchev–Trinajstić information content (AvgIpc) is 2.97. The van der Waals surface area contributed by atoms with Crippen LogP contribution >= 0.6 is 0 Å². The maximum atomic E-state index is 12.8. The molecule has 1 saturated heterocycles. The van der Waals surface area contributed by atoms with E-state index in [0.717, 1.165) is 32.2 Å². The number of allylic oxidation sites excluding steroid dienone is 2. The van der Waals surface area contributed by atoms with Gasteiger partial charge in [-0.25, -0.2) is 0 Å². The minimum atomic E-state index is 0.201. The van der Waals surface area contributed by atoms with E-state index in [1.807, 2.05) is 0 Å². The van der Waals surface area contributed by atoms with Crippen LogP contribution in [-0.2, 0) is 11.2 Å². The Bertz CT molecular complexity index is 788. The zero-order valence-electron chi connectivity index (χ0n) is 12.6. The summed E-state index contributed by atoms with van der Waals surface area (Å²) in [5, 5.41) is 1.35. The second kappa shape index (κ2) is 4.48. The lowest BCUT2D eigenvalue weighted by Crippen LogP contribution is -2.29. The fraction of sp³-hybridized carbons (Fsp3) is 0.421. The zero-order chi connectivity index (χ0) is 14.7. The molecule has 0 spiro atoms. The van der Waals surface area contributed by atoms with Gasteiger partial charge in [0.15, 0.2) is 0 Å². The predicted octanol–water partition coefficient (Wildman–Crippen LogP) is 3.58. The van der Waals surface area contributed by atoms with E-state index in [1.54, 1.807) is 0 Å². The highest BCUT2D eigenvalue weighted by molar-refractivity contribution is 5.87. The van der Waals surface area contributed by atoms with Crippen LogP contribution in [-0.4, -0.2) is 22.3 Å². The number of benzene rings is 1. The largest absolute Gasteiger partial charge is 0.356 e. The summed E-state index contributed by atoms with van der Waals surface area (Å²) in [6, 6.07) is 8.83. The standard InChI is InChI=1S/C19H20N2O/c22-19-15-8-2-1-7-14(15)18-17-13(9-5-11-21(18)19)12-6-3-4-10-16(12)20-17/h1-4,6,10,14-15,18,20H,5,7-9,11H2/t14-,15+,18-/m1/s1. The number of carbonyl (C=O) groups excluding carboxylic acids is 1. The molecule has 3 heterocycles. The zero-order valence-corrected chi connectivity index (χ0v) is 12.6. The van der Waals surface area contributed by atoms with Gasteiger partial charge in [-0.2, -0.15) is 0 Å². The van der Waals surface area contributed by atoms with Crippen LogP contribution in [0.1, 0.15) is 36.6 Å². The Labute approximate surface area is 130 Å². The van der Waals surface area contributed by atoms with E-state index < -0.39 is 0 Å². The van der Waals surface area contributed by atoms with E-state index in [-0.39, 0.29) is 12.0 Å². The van der Waals surface area contributed by atoms with E-state index in [0.29, 0.717) is 11.8 Å². The molecule has 1 aromatic carbocycles. The summed E-state index contributed by atoms with van der Waals surface area (Å²) in [4.78, 5) is 18.7. The van der Waals surface area contributed by atoms with E-state index in [1.165, 1.54) is 22.2 Å². The van der Waals surface area contributed by atoms with Gasteiger partial charge < -0.3 is 9.88 Å². The summed E-state index contributed by atoms with van der Waals surface area (Å²) >= 11 is 0. The molecule has 1 aromatic heterocycles. The number of hydrogen-bond acceptors (Lipinski definition) is 1. The minimum absolute atomic E-state index is 0.201. The van der Waals surface area contributed by atoms with E-state index in [4.69, 9.17) is 0 Å². The lowest BCUT2D eigenvalue weighted by molar-refractivity contribution is -0.132. The first-order chi connectivity index (χ1) is 10.8. The number of aromatic nitrogens is 1. The maximum absolute atomic E-state index is 12.8. The van der Waals surface area contributed by atoms with Crippen LogP contribution in [0.4, 0.5) is 0 Å². The van der Waals surface area contributed by atoms with E-state index in [9.17, 15) is 4.79 Å². The number of hydrogen-bond donors (Lipinski definition) is 1. The molecule has 0 saturated carbocycles. The summed E-state index contributed by atoms with van der Waals surface area (Å²) in [6.07, 6.45) is 8.57. The molecule has 0 unspecified atom stereocenters. The Morgan fingerprint density at radius 1 is 1.14 bits per heavy atom. The van der Waals surface area contributed by atoms with Crippen molar-refractivity contribution < 1.29 is 4.79 Å². The van der Waals surface area contributed by atoms with Gasteiger partial charge in [-0.15, -0.1) is 0 Å². The minimum Gasteiger partial charge on any atom is -0.356 e. The maximum Gasteiger partial charge on any atom is 0.226 e. The topological polar surface area (TPSA) is 36.1 Å². The molecule has 5 rings (SSSR count). The molecule has 3 aliphatic rings. The normalized spacial score (nSPS) is 30.1. The fourth-order valence-corrected chi connectivity index (χ4v) is 4.84. The fourth-order valence-electron chi connectivity index (χ4n) is 4.84. The Morgan fingerprint density at radius 2 is 2.00 bits per heavy atom. The number of para-hydroxylation sites is 1. The number of aromatic amines is 1. The first kappa shape index (κ1) is 12.5. The molecule has 0 radical (unpaired) electrons. The highest BCUT2D eigenvalue weighted by Crippen LogP contribution is 2.49. The summed E-state index contributed by atoms with van der Waals surface area (Å²) in [7, 11) is 0. The smallest absolute Gasteiger partial charge is 0.226 e. The van der Waals surface area contributed by atoms with Gasteiger partial charge >= 0.3 is 0 Å². The van der Waals surface area contributed by atoms with Crippen molar-refractivity contribution in [3.63, 3.8) is 0 Å². The lowest BCUT2D eigenvalue weighted by Gasteiger charge is -2.27. The number of aryl methyl sites for hydroxylation is 1. The van der Waals surface area contributed by atoms with Crippen molar-refractivity contribution in [2.24, 2.45) is 11.8 Å². The first-order valence-electron chi connectivity index (χ1n) is 8.39. The molecule has 3 atom stereocenters.